The smallest absolute Gasteiger partial charge is 0.416 e. The normalized spacial score (nSPS) is 19.0. The maximum absolute atomic E-state index is 13.5. The number of amides is 1. The van der Waals surface area contributed by atoms with Crippen molar-refractivity contribution in [3.63, 3.8) is 0 Å². The highest BCUT2D eigenvalue weighted by molar-refractivity contribution is 5.79. The number of rotatable bonds is 2. The molecule has 0 aliphatic carbocycles. The lowest BCUT2D eigenvalue weighted by atomic mass is 10.0. The van der Waals surface area contributed by atoms with Gasteiger partial charge in [0, 0.05) is 25.7 Å². The molecule has 28 heavy (non-hydrogen) atoms. The minimum atomic E-state index is -4.51. The summed E-state index contributed by atoms with van der Waals surface area (Å²) in [6.45, 7) is 11.1. The van der Waals surface area contributed by atoms with Crippen LogP contribution in [-0.2, 0) is 4.74 Å². The van der Waals surface area contributed by atoms with Crippen LogP contribution < -0.4 is 4.90 Å². The van der Waals surface area contributed by atoms with Gasteiger partial charge in [0.05, 0.1) is 16.8 Å². The predicted molar refractivity (Wildman–Crippen MR) is 101 cm³/mol. The first-order valence-electron chi connectivity index (χ1n) is 9.15. The van der Waals surface area contributed by atoms with E-state index < -0.39 is 23.4 Å². The lowest BCUT2D eigenvalue weighted by Gasteiger charge is -2.41. The van der Waals surface area contributed by atoms with Crippen molar-refractivity contribution in [3.05, 3.63) is 23.7 Å². The second kappa shape index (κ2) is 7.97. The van der Waals surface area contributed by atoms with Gasteiger partial charge >= 0.3 is 12.3 Å². The van der Waals surface area contributed by atoms with E-state index in [0.717, 1.165) is 6.08 Å². The predicted octanol–water partition coefficient (Wildman–Crippen LogP) is 4.20. The number of aryl methyl sites for hydroxylation is 1. The standard InChI is InChI=1S/C19H27F3N4O2/c1-7-14(19(20,21)22)15-13(3)23-11-24-16(15)25-8-9-26(12(2)10-25)17(27)28-18(4,5)6/h7,11-12H,8-10H2,1-6H3/b14-7+. The quantitative estimate of drug-likeness (QED) is 0.745. The first-order valence-corrected chi connectivity index (χ1v) is 9.15. The fourth-order valence-corrected chi connectivity index (χ4v) is 3.21. The second-order valence-electron chi connectivity index (χ2n) is 7.83. The summed E-state index contributed by atoms with van der Waals surface area (Å²) in [6, 6.07) is -0.244. The fraction of sp³-hybridized carbons (Fsp3) is 0.632. The van der Waals surface area contributed by atoms with Gasteiger partial charge in [0.2, 0.25) is 0 Å². The maximum atomic E-state index is 13.5. The van der Waals surface area contributed by atoms with Gasteiger partial charge in [0.15, 0.2) is 0 Å². The minimum Gasteiger partial charge on any atom is -0.444 e. The molecule has 0 saturated carbocycles. The number of hydrogen-bond acceptors (Lipinski definition) is 5. The minimum absolute atomic E-state index is 0.0181. The molecule has 1 atom stereocenters. The molecule has 1 fully saturated rings. The van der Waals surface area contributed by atoms with Crippen molar-refractivity contribution < 1.29 is 22.7 Å². The van der Waals surface area contributed by atoms with E-state index in [9.17, 15) is 18.0 Å². The summed E-state index contributed by atoms with van der Waals surface area (Å²) in [5.41, 5.74) is -1.13. The van der Waals surface area contributed by atoms with Crippen LogP contribution in [0.4, 0.5) is 23.8 Å². The number of nitrogens with zero attached hydrogens (tertiary/aromatic N) is 4. The summed E-state index contributed by atoms with van der Waals surface area (Å²) in [5, 5.41) is 0. The van der Waals surface area contributed by atoms with Gasteiger partial charge in [-0.05, 0) is 41.5 Å². The Morgan fingerprint density at radius 2 is 1.89 bits per heavy atom. The third-order valence-electron chi connectivity index (χ3n) is 4.44. The van der Waals surface area contributed by atoms with Gasteiger partial charge in [-0.25, -0.2) is 14.8 Å². The van der Waals surface area contributed by atoms with Gasteiger partial charge in [-0.1, -0.05) is 6.08 Å². The van der Waals surface area contributed by atoms with E-state index in [4.69, 9.17) is 4.74 Å². The van der Waals surface area contributed by atoms with Crippen LogP contribution in [0.3, 0.4) is 0 Å². The summed E-state index contributed by atoms with van der Waals surface area (Å²) >= 11 is 0. The van der Waals surface area contributed by atoms with Crippen molar-refractivity contribution in [1.82, 2.24) is 14.9 Å². The number of hydrogen-bond donors (Lipinski definition) is 0. The number of carbonyl (C=O) groups is 1. The summed E-state index contributed by atoms with van der Waals surface area (Å²) in [5.74, 6) is 0.230. The van der Waals surface area contributed by atoms with Crippen LogP contribution in [0.15, 0.2) is 12.4 Å². The van der Waals surface area contributed by atoms with Crippen LogP contribution in [0.2, 0.25) is 0 Å². The summed E-state index contributed by atoms with van der Waals surface area (Å²) in [7, 11) is 0. The number of aromatic nitrogens is 2. The lowest BCUT2D eigenvalue weighted by Crippen LogP contribution is -2.55. The molecule has 1 saturated heterocycles. The van der Waals surface area contributed by atoms with Crippen LogP contribution in [0, 0.1) is 6.92 Å². The molecular weight excluding hydrogens is 373 g/mol. The average molecular weight is 400 g/mol. The van der Waals surface area contributed by atoms with Gasteiger partial charge in [-0.2, -0.15) is 13.2 Å². The first-order chi connectivity index (χ1) is 12.8. The Labute approximate surface area is 163 Å². The third-order valence-corrected chi connectivity index (χ3v) is 4.44. The molecule has 1 aromatic rings. The van der Waals surface area contributed by atoms with Gasteiger partial charge < -0.3 is 14.5 Å². The highest BCUT2D eigenvalue weighted by Crippen LogP contribution is 2.39. The Morgan fingerprint density at radius 1 is 1.25 bits per heavy atom. The molecule has 1 aliphatic heterocycles. The highest BCUT2D eigenvalue weighted by Gasteiger charge is 2.39. The van der Waals surface area contributed by atoms with Gasteiger partial charge in [-0.15, -0.1) is 0 Å². The molecule has 156 valence electrons. The molecule has 2 heterocycles. The van der Waals surface area contributed by atoms with Crippen LogP contribution in [0.25, 0.3) is 5.57 Å². The highest BCUT2D eigenvalue weighted by atomic mass is 19.4. The van der Waals surface area contributed by atoms with E-state index in [1.165, 1.54) is 20.2 Å². The number of alkyl halides is 3. The van der Waals surface area contributed by atoms with Crippen LogP contribution >= 0.6 is 0 Å². The zero-order chi connectivity index (χ0) is 21.3. The number of allylic oxidation sites excluding steroid dienone is 2. The molecule has 0 bridgehead atoms. The second-order valence-corrected chi connectivity index (χ2v) is 7.83. The molecule has 1 unspecified atom stereocenters. The first kappa shape index (κ1) is 22.0. The molecular formula is C19H27F3N4O2. The fourth-order valence-electron chi connectivity index (χ4n) is 3.21. The Hall–Kier alpha value is -2.32. The van der Waals surface area contributed by atoms with E-state index in [-0.39, 0.29) is 23.1 Å². The summed E-state index contributed by atoms with van der Waals surface area (Å²) in [6.07, 6.45) is -2.63. The molecule has 0 radical (unpaired) electrons. The number of piperazine rings is 1. The van der Waals surface area contributed by atoms with Crippen molar-refractivity contribution in [2.24, 2.45) is 0 Å². The van der Waals surface area contributed by atoms with Gasteiger partial charge in [0.25, 0.3) is 0 Å². The van der Waals surface area contributed by atoms with Crippen LogP contribution in [0.1, 0.15) is 45.9 Å². The van der Waals surface area contributed by atoms with Crippen molar-refractivity contribution in [2.75, 3.05) is 24.5 Å². The topological polar surface area (TPSA) is 58.6 Å². The van der Waals surface area contributed by atoms with Crippen molar-refractivity contribution in [3.8, 4) is 0 Å². The van der Waals surface area contributed by atoms with Gasteiger partial charge in [-0.3, -0.25) is 0 Å². The largest absolute Gasteiger partial charge is 0.444 e. The third kappa shape index (κ3) is 4.94. The maximum Gasteiger partial charge on any atom is 0.416 e. The Bertz CT molecular complexity index is 757. The number of carbonyl (C=O) groups excluding carboxylic acids is 1. The van der Waals surface area contributed by atoms with E-state index in [2.05, 4.69) is 9.97 Å². The zero-order valence-corrected chi connectivity index (χ0v) is 17.1. The Morgan fingerprint density at radius 3 is 2.39 bits per heavy atom. The summed E-state index contributed by atoms with van der Waals surface area (Å²) in [4.78, 5) is 23.8. The molecule has 0 spiro atoms. The molecule has 1 amide bonds. The van der Waals surface area contributed by atoms with Crippen molar-refractivity contribution >= 4 is 17.5 Å². The van der Waals surface area contributed by atoms with E-state index in [1.54, 1.807) is 30.6 Å². The lowest BCUT2D eigenvalue weighted by molar-refractivity contribution is -0.0690. The molecule has 2 rings (SSSR count). The molecule has 1 aromatic heterocycles. The monoisotopic (exact) mass is 400 g/mol. The molecule has 0 aromatic carbocycles. The SMILES string of the molecule is C/C=C(\c1c(C)ncnc1N1CCN(C(=O)OC(C)(C)C)C(C)C1)C(F)(F)F. The number of halogens is 3. The number of ether oxygens (including phenoxy) is 1. The van der Waals surface area contributed by atoms with Crippen LogP contribution in [-0.4, -0.2) is 58.4 Å². The molecule has 1 aliphatic rings. The van der Waals surface area contributed by atoms with E-state index in [0.29, 0.717) is 19.6 Å². The number of anilines is 1. The van der Waals surface area contributed by atoms with Gasteiger partial charge in [0.1, 0.15) is 17.7 Å². The Balaban J connectivity index is 2.30. The summed E-state index contributed by atoms with van der Waals surface area (Å²) < 4.78 is 46.0. The molecule has 9 heteroatoms. The Kier molecular flexibility index (Phi) is 6.25. The molecule has 0 N–H and O–H groups in total. The van der Waals surface area contributed by atoms with Crippen molar-refractivity contribution in [1.29, 1.82) is 0 Å². The van der Waals surface area contributed by atoms with E-state index >= 15 is 0 Å². The van der Waals surface area contributed by atoms with Crippen molar-refractivity contribution in [2.45, 2.75) is 59.4 Å². The zero-order valence-electron chi connectivity index (χ0n) is 17.1. The molecule has 6 nitrogen and oxygen atoms in total. The average Bonchev–Trinajstić information content (AvgIpc) is 2.53. The van der Waals surface area contributed by atoms with Crippen LogP contribution in [0.5, 0.6) is 0 Å². The van der Waals surface area contributed by atoms with E-state index in [1.807, 2.05) is 6.92 Å².